The number of amides is 1. The Morgan fingerprint density at radius 2 is 1.69 bits per heavy atom. The fraction of sp³-hybridized carbons (Fsp3) is 0.192. The Hall–Kier alpha value is -4.53. The molecule has 0 saturated carbocycles. The molecule has 1 unspecified atom stereocenters. The van der Waals surface area contributed by atoms with Crippen molar-refractivity contribution < 1.29 is 19.1 Å². The van der Waals surface area contributed by atoms with E-state index in [0.29, 0.717) is 28.9 Å². The lowest BCUT2D eigenvalue weighted by Gasteiger charge is -2.14. The average Bonchev–Trinajstić information content (AvgIpc) is 2.88. The van der Waals surface area contributed by atoms with Crippen LogP contribution < -0.4 is 15.6 Å². The molecule has 1 N–H and O–H groups in total. The number of hydrogen-bond donors (Lipinski definition) is 1. The molecule has 0 bridgehead atoms. The highest BCUT2D eigenvalue weighted by Crippen LogP contribution is 2.17. The number of hydrogen-bond acceptors (Lipinski definition) is 7. The second-order valence-electron chi connectivity index (χ2n) is 7.80. The van der Waals surface area contributed by atoms with Gasteiger partial charge >= 0.3 is 5.97 Å². The number of nitrogens with one attached hydrogen (secondary N) is 1. The van der Waals surface area contributed by atoms with Gasteiger partial charge in [-0.05, 0) is 48.9 Å². The monoisotopic (exact) mass is 472 g/mol. The summed E-state index contributed by atoms with van der Waals surface area (Å²) < 4.78 is 12.0. The number of nitrogens with zero attached hydrogens (tertiary/aromatic N) is 3. The topological polar surface area (TPSA) is 112 Å². The van der Waals surface area contributed by atoms with E-state index in [1.54, 1.807) is 48.5 Å². The molecule has 1 heterocycles. The van der Waals surface area contributed by atoms with Crippen LogP contribution in [-0.4, -0.2) is 33.0 Å². The van der Waals surface area contributed by atoms with Crippen LogP contribution in [0.1, 0.15) is 18.9 Å². The third-order valence-electron chi connectivity index (χ3n) is 5.20. The lowest BCUT2D eigenvalue weighted by atomic mass is 10.2. The number of fused-ring (bicyclic) bond motifs is 1. The average molecular weight is 473 g/mol. The maximum atomic E-state index is 12.4. The van der Waals surface area contributed by atoms with Crippen LogP contribution in [0.15, 0.2) is 83.7 Å². The minimum Gasteiger partial charge on any atom is -0.489 e. The molecule has 0 radical (unpaired) electrons. The van der Waals surface area contributed by atoms with E-state index < -0.39 is 18.0 Å². The molecular weight excluding hydrogens is 448 g/mol. The lowest BCUT2D eigenvalue weighted by Crippen LogP contribution is -2.31. The number of aryl methyl sites for hydroxylation is 1. The van der Waals surface area contributed by atoms with Gasteiger partial charge < -0.3 is 14.8 Å². The fourth-order valence-electron chi connectivity index (χ4n) is 3.30. The van der Waals surface area contributed by atoms with Crippen LogP contribution in [0.5, 0.6) is 5.75 Å². The van der Waals surface area contributed by atoms with Gasteiger partial charge in [-0.25, -0.2) is 4.68 Å². The largest absolute Gasteiger partial charge is 0.489 e. The number of anilines is 1. The van der Waals surface area contributed by atoms with Crippen LogP contribution >= 0.6 is 0 Å². The van der Waals surface area contributed by atoms with Gasteiger partial charge in [0.1, 0.15) is 17.9 Å². The van der Waals surface area contributed by atoms with Crippen molar-refractivity contribution in [2.24, 2.45) is 0 Å². The van der Waals surface area contributed by atoms with Crippen LogP contribution in [-0.2, 0) is 27.5 Å². The molecule has 3 aromatic carbocycles. The first kappa shape index (κ1) is 23.6. The van der Waals surface area contributed by atoms with E-state index in [-0.39, 0.29) is 18.5 Å². The number of carbonyl (C=O) groups is 2. The Bertz CT molecular complexity index is 1370. The molecule has 4 aromatic rings. The Balaban J connectivity index is 1.24. The second-order valence-corrected chi connectivity index (χ2v) is 7.80. The van der Waals surface area contributed by atoms with Crippen LogP contribution in [0.25, 0.3) is 10.9 Å². The summed E-state index contributed by atoms with van der Waals surface area (Å²) in [6.45, 7) is 1.91. The summed E-state index contributed by atoms with van der Waals surface area (Å²) >= 11 is 0. The first-order valence-electron chi connectivity index (χ1n) is 11.1. The first-order valence-corrected chi connectivity index (χ1v) is 11.1. The second kappa shape index (κ2) is 11.1. The summed E-state index contributed by atoms with van der Waals surface area (Å²) in [5, 5.41) is 10.9. The first-order chi connectivity index (χ1) is 17.0. The van der Waals surface area contributed by atoms with E-state index in [1.807, 2.05) is 30.3 Å². The van der Waals surface area contributed by atoms with Crippen LogP contribution in [0, 0.1) is 0 Å². The zero-order chi connectivity index (χ0) is 24.6. The maximum absolute atomic E-state index is 12.4. The predicted octanol–water partition coefficient (Wildman–Crippen LogP) is 3.33. The third kappa shape index (κ3) is 6.29. The third-order valence-corrected chi connectivity index (χ3v) is 5.20. The Morgan fingerprint density at radius 1 is 0.971 bits per heavy atom. The summed E-state index contributed by atoms with van der Waals surface area (Å²) in [6.07, 6.45) is -1.14. The number of ether oxygens (including phenoxy) is 2. The van der Waals surface area contributed by atoms with E-state index in [9.17, 15) is 14.4 Å². The minimum atomic E-state index is -1.02. The Morgan fingerprint density at radius 3 is 2.46 bits per heavy atom. The SMILES string of the molecule is CC(OC(=O)CCn1nnc2ccccc2c1=O)C(=O)Nc1ccc(OCc2ccccc2)cc1. The van der Waals surface area contributed by atoms with Crippen LogP contribution in [0.4, 0.5) is 5.69 Å². The van der Waals surface area contributed by atoms with Gasteiger partial charge in [0, 0.05) is 5.69 Å². The molecule has 9 heteroatoms. The van der Waals surface area contributed by atoms with E-state index in [2.05, 4.69) is 15.6 Å². The van der Waals surface area contributed by atoms with Crippen molar-refractivity contribution in [3.05, 3.63) is 94.8 Å². The van der Waals surface area contributed by atoms with Crippen molar-refractivity contribution in [1.29, 1.82) is 0 Å². The molecule has 178 valence electrons. The van der Waals surface area contributed by atoms with Crippen molar-refractivity contribution in [1.82, 2.24) is 15.0 Å². The molecule has 9 nitrogen and oxygen atoms in total. The van der Waals surface area contributed by atoms with Crippen molar-refractivity contribution in [3.63, 3.8) is 0 Å². The summed E-state index contributed by atoms with van der Waals surface area (Å²) in [5.74, 6) is -0.434. The lowest BCUT2D eigenvalue weighted by molar-refractivity contribution is -0.153. The number of rotatable bonds is 9. The van der Waals surface area contributed by atoms with Crippen molar-refractivity contribution in [2.75, 3.05) is 5.32 Å². The highest BCUT2D eigenvalue weighted by molar-refractivity contribution is 5.95. The smallest absolute Gasteiger partial charge is 0.308 e. The molecule has 0 fully saturated rings. The molecule has 0 aliphatic heterocycles. The molecule has 0 aliphatic carbocycles. The summed E-state index contributed by atoms with van der Waals surface area (Å²) in [4.78, 5) is 37.1. The van der Waals surface area contributed by atoms with Crippen LogP contribution in [0.3, 0.4) is 0 Å². The summed E-state index contributed by atoms with van der Waals surface area (Å²) in [6, 6.07) is 23.5. The normalized spacial score (nSPS) is 11.6. The van der Waals surface area contributed by atoms with Crippen molar-refractivity contribution >= 4 is 28.5 Å². The molecular formula is C26H24N4O5. The summed E-state index contributed by atoms with van der Waals surface area (Å²) in [7, 11) is 0. The molecule has 1 amide bonds. The van der Waals surface area contributed by atoms with Crippen molar-refractivity contribution in [2.45, 2.75) is 32.6 Å². The van der Waals surface area contributed by atoms with Crippen LogP contribution in [0.2, 0.25) is 0 Å². The molecule has 0 aliphatic rings. The number of aromatic nitrogens is 3. The zero-order valence-corrected chi connectivity index (χ0v) is 19.1. The van der Waals surface area contributed by atoms with E-state index in [0.717, 1.165) is 10.2 Å². The van der Waals surface area contributed by atoms with Gasteiger partial charge in [0.2, 0.25) is 0 Å². The number of benzene rings is 3. The highest BCUT2D eigenvalue weighted by Gasteiger charge is 2.18. The minimum absolute atomic E-state index is 0.00567. The quantitative estimate of drug-likeness (QED) is 0.372. The predicted molar refractivity (Wildman–Crippen MR) is 130 cm³/mol. The number of esters is 1. The van der Waals surface area contributed by atoms with Gasteiger partial charge in [-0.15, -0.1) is 5.10 Å². The maximum Gasteiger partial charge on any atom is 0.308 e. The van der Waals surface area contributed by atoms with Gasteiger partial charge in [0.05, 0.1) is 18.4 Å². The number of carbonyl (C=O) groups excluding carboxylic acids is 2. The van der Waals surface area contributed by atoms with Gasteiger partial charge in [0.15, 0.2) is 6.10 Å². The Labute approximate surface area is 201 Å². The Kier molecular flexibility index (Phi) is 7.47. The molecule has 1 aromatic heterocycles. The van der Waals surface area contributed by atoms with Crippen molar-refractivity contribution in [3.8, 4) is 5.75 Å². The van der Waals surface area contributed by atoms with E-state index in [4.69, 9.17) is 9.47 Å². The van der Waals surface area contributed by atoms with Gasteiger partial charge in [0.25, 0.3) is 11.5 Å². The molecule has 4 rings (SSSR count). The van der Waals surface area contributed by atoms with Gasteiger partial charge in [-0.3, -0.25) is 14.4 Å². The molecule has 0 saturated heterocycles. The zero-order valence-electron chi connectivity index (χ0n) is 19.1. The molecule has 1 atom stereocenters. The molecule has 35 heavy (non-hydrogen) atoms. The van der Waals surface area contributed by atoms with Gasteiger partial charge in [-0.1, -0.05) is 47.7 Å². The molecule has 0 spiro atoms. The van der Waals surface area contributed by atoms with E-state index in [1.165, 1.54) is 6.92 Å². The highest BCUT2D eigenvalue weighted by atomic mass is 16.5. The standard InChI is InChI=1S/C26H24N4O5/c1-18(35-24(31)15-16-30-26(33)22-9-5-6-10-23(22)28-29-30)25(32)27-20-11-13-21(14-12-20)34-17-19-7-3-2-4-8-19/h2-14,18H,15-17H2,1H3,(H,27,32). The summed E-state index contributed by atoms with van der Waals surface area (Å²) in [5.41, 5.74) is 1.74. The fourth-order valence-corrected chi connectivity index (χ4v) is 3.30. The van der Waals surface area contributed by atoms with E-state index >= 15 is 0 Å². The van der Waals surface area contributed by atoms with Gasteiger partial charge in [-0.2, -0.15) is 0 Å².